The lowest BCUT2D eigenvalue weighted by atomic mass is 10.3. The number of rotatable bonds is 5. The molecule has 10 heteroatoms. The van der Waals surface area contributed by atoms with Crippen LogP contribution in [-0.4, -0.2) is 43.4 Å². The maximum atomic E-state index is 12.9. The Balaban J connectivity index is 1.79. The zero-order chi connectivity index (χ0) is 16.4. The van der Waals surface area contributed by atoms with Crippen LogP contribution in [0.2, 0.25) is 0 Å². The van der Waals surface area contributed by atoms with Gasteiger partial charge in [0.2, 0.25) is 5.82 Å². The van der Waals surface area contributed by atoms with Crippen molar-refractivity contribution in [2.75, 3.05) is 18.5 Å². The molecule has 0 atom stereocenters. The summed E-state index contributed by atoms with van der Waals surface area (Å²) in [7, 11) is 1.77. The molecule has 120 valence electrons. The first-order chi connectivity index (χ1) is 11.0. The smallest absolute Gasteiger partial charge is 0.299 e. The first-order valence-corrected chi connectivity index (χ1v) is 6.80. The van der Waals surface area contributed by atoms with E-state index in [1.54, 1.807) is 24.1 Å². The van der Waals surface area contributed by atoms with Crippen molar-refractivity contribution in [3.63, 3.8) is 0 Å². The number of likely N-dealkylation sites (N-methyl/N-ethyl adjacent to an activating group) is 1. The summed E-state index contributed by atoms with van der Waals surface area (Å²) in [6, 6.07) is 4.57. The number of alkyl halides is 2. The van der Waals surface area contributed by atoms with Gasteiger partial charge in [-0.05, 0) is 12.1 Å². The van der Waals surface area contributed by atoms with Crippen LogP contribution in [0.4, 0.5) is 14.6 Å². The molecule has 0 fully saturated rings. The molecule has 3 heterocycles. The third kappa shape index (κ3) is 3.15. The number of H-pyrrole nitrogens is 1. The van der Waals surface area contributed by atoms with Crippen molar-refractivity contribution in [1.82, 2.24) is 29.8 Å². The fourth-order valence-corrected chi connectivity index (χ4v) is 2.06. The maximum Gasteiger partial charge on any atom is 0.299 e. The van der Waals surface area contributed by atoms with Gasteiger partial charge in [-0.3, -0.25) is 4.79 Å². The molecule has 0 aliphatic rings. The molecule has 0 aliphatic heterocycles. The fourth-order valence-electron chi connectivity index (χ4n) is 2.06. The number of anilines is 1. The van der Waals surface area contributed by atoms with Gasteiger partial charge in [-0.2, -0.15) is 4.52 Å². The van der Waals surface area contributed by atoms with E-state index in [4.69, 9.17) is 0 Å². The van der Waals surface area contributed by atoms with E-state index in [0.717, 1.165) is 4.52 Å². The monoisotopic (exact) mass is 321 g/mol. The van der Waals surface area contributed by atoms with Gasteiger partial charge in [0.25, 0.3) is 12.0 Å². The van der Waals surface area contributed by atoms with E-state index in [0.29, 0.717) is 24.6 Å². The standard InChI is InChI=1S/C13H13F2N7O/c1-21(7-5-8-16-6-4-11(23)17-8)10-3-2-9-18-19-13(12(14)15)22(9)20-10/h2-4,6,12H,5,7H2,1H3,(H,16,17,23). The van der Waals surface area contributed by atoms with Crippen LogP contribution in [0.3, 0.4) is 0 Å². The maximum absolute atomic E-state index is 12.9. The highest BCUT2D eigenvalue weighted by molar-refractivity contribution is 5.45. The second kappa shape index (κ2) is 6.07. The molecule has 3 aromatic rings. The second-order valence-electron chi connectivity index (χ2n) is 4.87. The first kappa shape index (κ1) is 15.0. The van der Waals surface area contributed by atoms with Gasteiger partial charge in [0.15, 0.2) is 5.65 Å². The van der Waals surface area contributed by atoms with Gasteiger partial charge in [-0.25, -0.2) is 13.8 Å². The molecule has 0 aromatic carbocycles. The van der Waals surface area contributed by atoms with Crippen molar-refractivity contribution in [2.45, 2.75) is 12.8 Å². The number of fused-ring (bicyclic) bond motifs is 1. The van der Waals surface area contributed by atoms with E-state index in [2.05, 4.69) is 25.3 Å². The van der Waals surface area contributed by atoms with E-state index < -0.39 is 12.2 Å². The van der Waals surface area contributed by atoms with Crippen molar-refractivity contribution < 1.29 is 8.78 Å². The molecule has 8 nitrogen and oxygen atoms in total. The van der Waals surface area contributed by atoms with Gasteiger partial charge < -0.3 is 9.88 Å². The molecular weight excluding hydrogens is 308 g/mol. The predicted octanol–water partition coefficient (Wildman–Crippen LogP) is 0.824. The molecule has 23 heavy (non-hydrogen) atoms. The molecule has 0 saturated carbocycles. The quantitative estimate of drug-likeness (QED) is 0.748. The molecule has 0 bridgehead atoms. The van der Waals surface area contributed by atoms with Crippen LogP contribution in [0, 0.1) is 0 Å². The summed E-state index contributed by atoms with van der Waals surface area (Å²) in [4.78, 5) is 19.7. The van der Waals surface area contributed by atoms with Crippen LogP contribution in [0.15, 0.2) is 29.2 Å². The van der Waals surface area contributed by atoms with Crippen molar-refractivity contribution in [2.24, 2.45) is 0 Å². The minimum absolute atomic E-state index is 0.219. The Hall–Kier alpha value is -2.91. The topological polar surface area (TPSA) is 92.1 Å². The molecule has 0 aliphatic carbocycles. The minimum atomic E-state index is -2.75. The Morgan fingerprint density at radius 3 is 2.87 bits per heavy atom. The Kier molecular flexibility index (Phi) is 3.96. The Morgan fingerprint density at radius 1 is 1.30 bits per heavy atom. The molecule has 1 N–H and O–H groups in total. The van der Waals surface area contributed by atoms with Gasteiger partial charge in [-0.15, -0.1) is 15.3 Å². The molecule has 3 aromatic heterocycles. The molecule has 0 saturated heterocycles. The summed E-state index contributed by atoms with van der Waals surface area (Å²) in [5.41, 5.74) is 0.0368. The number of aromatic nitrogens is 6. The summed E-state index contributed by atoms with van der Waals surface area (Å²) < 4.78 is 26.7. The van der Waals surface area contributed by atoms with Gasteiger partial charge in [-0.1, -0.05) is 0 Å². The van der Waals surface area contributed by atoms with Crippen LogP contribution >= 0.6 is 0 Å². The SMILES string of the molecule is CN(CCc1nccc(=O)[nH]1)c1ccc2nnc(C(F)F)n2n1. The molecule has 0 amide bonds. The third-order valence-corrected chi connectivity index (χ3v) is 3.27. The Labute approximate surface area is 128 Å². The number of hydrogen-bond donors (Lipinski definition) is 1. The highest BCUT2D eigenvalue weighted by Gasteiger charge is 2.17. The van der Waals surface area contributed by atoms with Crippen molar-refractivity contribution in [3.8, 4) is 0 Å². The lowest BCUT2D eigenvalue weighted by molar-refractivity contribution is 0.137. The van der Waals surface area contributed by atoms with E-state index in [-0.39, 0.29) is 11.2 Å². The number of aromatic amines is 1. The van der Waals surface area contributed by atoms with Gasteiger partial charge in [0, 0.05) is 32.3 Å². The van der Waals surface area contributed by atoms with Crippen LogP contribution in [0.25, 0.3) is 5.65 Å². The van der Waals surface area contributed by atoms with Crippen molar-refractivity contribution in [3.05, 3.63) is 46.4 Å². The van der Waals surface area contributed by atoms with E-state index in [1.807, 2.05) is 0 Å². The number of halogens is 2. The van der Waals surface area contributed by atoms with Crippen LogP contribution in [-0.2, 0) is 6.42 Å². The van der Waals surface area contributed by atoms with Crippen molar-refractivity contribution in [1.29, 1.82) is 0 Å². The highest BCUT2D eigenvalue weighted by atomic mass is 19.3. The molecular formula is C13H13F2N7O. The van der Waals surface area contributed by atoms with Crippen LogP contribution < -0.4 is 10.5 Å². The van der Waals surface area contributed by atoms with Gasteiger partial charge in [0.1, 0.15) is 11.6 Å². The summed E-state index contributed by atoms with van der Waals surface area (Å²) in [6.45, 7) is 0.498. The number of nitrogens with one attached hydrogen (secondary N) is 1. The average Bonchev–Trinajstić information content (AvgIpc) is 2.96. The lowest BCUT2D eigenvalue weighted by Gasteiger charge is -2.17. The Morgan fingerprint density at radius 2 is 2.13 bits per heavy atom. The predicted molar refractivity (Wildman–Crippen MR) is 77.6 cm³/mol. The highest BCUT2D eigenvalue weighted by Crippen LogP contribution is 2.18. The van der Waals surface area contributed by atoms with E-state index in [1.165, 1.54) is 12.3 Å². The summed E-state index contributed by atoms with van der Waals surface area (Å²) in [5.74, 6) is 0.532. The lowest BCUT2D eigenvalue weighted by Crippen LogP contribution is -2.24. The fraction of sp³-hybridized carbons (Fsp3) is 0.308. The third-order valence-electron chi connectivity index (χ3n) is 3.27. The molecule has 0 spiro atoms. The minimum Gasteiger partial charge on any atom is -0.358 e. The number of hydrogen-bond acceptors (Lipinski definition) is 6. The van der Waals surface area contributed by atoms with Crippen molar-refractivity contribution >= 4 is 11.5 Å². The largest absolute Gasteiger partial charge is 0.358 e. The molecule has 3 rings (SSSR count). The number of nitrogens with zero attached hydrogens (tertiary/aromatic N) is 6. The molecule has 0 unspecified atom stereocenters. The zero-order valence-corrected chi connectivity index (χ0v) is 12.1. The second-order valence-corrected chi connectivity index (χ2v) is 4.87. The van der Waals surface area contributed by atoms with E-state index >= 15 is 0 Å². The van der Waals surface area contributed by atoms with Crippen LogP contribution in [0.1, 0.15) is 18.1 Å². The van der Waals surface area contributed by atoms with Gasteiger partial charge in [0.05, 0.1) is 0 Å². The van der Waals surface area contributed by atoms with Gasteiger partial charge >= 0.3 is 0 Å². The summed E-state index contributed by atoms with van der Waals surface area (Å²) in [6.07, 6.45) is -0.836. The molecule has 0 radical (unpaired) electrons. The average molecular weight is 321 g/mol. The Bertz CT molecular complexity index is 876. The summed E-state index contributed by atoms with van der Waals surface area (Å²) in [5, 5.41) is 11.2. The normalized spacial score (nSPS) is 11.3. The van der Waals surface area contributed by atoms with Crippen LogP contribution in [0.5, 0.6) is 0 Å². The summed E-state index contributed by atoms with van der Waals surface area (Å²) >= 11 is 0. The van der Waals surface area contributed by atoms with E-state index in [9.17, 15) is 13.6 Å². The first-order valence-electron chi connectivity index (χ1n) is 6.80. The zero-order valence-electron chi connectivity index (χ0n) is 12.1.